The molecule has 60 valence electrons. The molecule has 0 aliphatic carbocycles. The molecule has 1 unspecified atom stereocenters. The van der Waals surface area contributed by atoms with E-state index in [4.69, 9.17) is 5.73 Å². The van der Waals surface area contributed by atoms with Crippen molar-refractivity contribution in [3.05, 3.63) is 0 Å². The molecule has 3 heteroatoms. The first-order valence-corrected chi connectivity index (χ1v) is 3.65. The molecule has 3 nitrogen and oxygen atoms in total. The zero-order valence-corrected chi connectivity index (χ0v) is 6.68. The van der Waals surface area contributed by atoms with Crippen LogP contribution in [0.25, 0.3) is 0 Å². The van der Waals surface area contributed by atoms with Gasteiger partial charge in [-0.1, -0.05) is 6.92 Å². The third-order valence-electron chi connectivity index (χ3n) is 1.31. The lowest BCUT2D eigenvalue weighted by atomic mass is 10.2. The van der Waals surface area contributed by atoms with Crippen LogP contribution in [0.5, 0.6) is 0 Å². The minimum Gasteiger partial charge on any atom is -0.320 e. The van der Waals surface area contributed by atoms with E-state index in [0.29, 0.717) is 6.54 Å². The summed E-state index contributed by atoms with van der Waals surface area (Å²) in [6, 6.07) is -0.327. The highest BCUT2D eigenvalue weighted by Gasteiger charge is 2.05. The number of ketones is 1. The highest BCUT2D eigenvalue weighted by atomic mass is 16.1. The van der Waals surface area contributed by atoms with Crippen LogP contribution in [0.15, 0.2) is 0 Å². The van der Waals surface area contributed by atoms with Crippen LogP contribution in [-0.2, 0) is 4.79 Å². The van der Waals surface area contributed by atoms with Crippen molar-refractivity contribution in [2.75, 3.05) is 13.1 Å². The van der Waals surface area contributed by atoms with E-state index in [1.807, 2.05) is 0 Å². The molecule has 0 rings (SSSR count). The van der Waals surface area contributed by atoms with Gasteiger partial charge in [-0.3, -0.25) is 4.79 Å². The molecule has 10 heavy (non-hydrogen) atoms. The second kappa shape index (κ2) is 5.38. The molecular formula is C7H16N2O. The number of rotatable bonds is 5. The summed E-state index contributed by atoms with van der Waals surface area (Å²) in [7, 11) is 0. The maximum absolute atomic E-state index is 10.6. The van der Waals surface area contributed by atoms with E-state index < -0.39 is 0 Å². The molecule has 0 aliphatic heterocycles. The SMILES string of the molecule is CCCNCC(N)C(C)=O. The van der Waals surface area contributed by atoms with Gasteiger partial charge in [0, 0.05) is 6.54 Å². The number of nitrogens with one attached hydrogen (secondary N) is 1. The first kappa shape index (κ1) is 9.59. The molecule has 0 saturated carbocycles. The van der Waals surface area contributed by atoms with Crippen LogP contribution in [0.3, 0.4) is 0 Å². The van der Waals surface area contributed by atoms with E-state index in [9.17, 15) is 4.79 Å². The molecule has 0 aromatic heterocycles. The summed E-state index contributed by atoms with van der Waals surface area (Å²) in [5, 5.41) is 3.07. The summed E-state index contributed by atoms with van der Waals surface area (Å²) in [6.07, 6.45) is 1.07. The Morgan fingerprint density at radius 1 is 1.70 bits per heavy atom. The van der Waals surface area contributed by atoms with E-state index >= 15 is 0 Å². The number of Topliss-reactive ketones (excluding diaryl/α,β-unsaturated/α-hetero) is 1. The molecule has 0 aliphatic rings. The van der Waals surface area contributed by atoms with E-state index in [1.54, 1.807) is 0 Å². The molecule has 0 saturated heterocycles. The summed E-state index contributed by atoms with van der Waals surface area (Å²) < 4.78 is 0. The Bertz CT molecular complexity index is 104. The van der Waals surface area contributed by atoms with Gasteiger partial charge in [-0.15, -0.1) is 0 Å². The standard InChI is InChI=1S/C7H16N2O/c1-3-4-9-5-7(8)6(2)10/h7,9H,3-5,8H2,1-2H3. The zero-order valence-electron chi connectivity index (χ0n) is 6.68. The molecule has 3 N–H and O–H groups in total. The average Bonchev–Trinajstić information content (AvgIpc) is 1.88. The molecule has 0 heterocycles. The summed E-state index contributed by atoms with van der Waals surface area (Å²) in [4.78, 5) is 10.6. The minimum atomic E-state index is -0.327. The van der Waals surface area contributed by atoms with Crippen LogP contribution in [0.1, 0.15) is 20.3 Å². The maximum atomic E-state index is 10.6. The van der Waals surface area contributed by atoms with Crippen molar-refractivity contribution in [2.45, 2.75) is 26.3 Å². The third-order valence-corrected chi connectivity index (χ3v) is 1.31. The fourth-order valence-corrected chi connectivity index (χ4v) is 0.578. The second-order valence-corrected chi connectivity index (χ2v) is 2.42. The van der Waals surface area contributed by atoms with Crippen molar-refractivity contribution >= 4 is 5.78 Å². The average molecular weight is 144 g/mol. The number of hydrogen-bond donors (Lipinski definition) is 2. The van der Waals surface area contributed by atoms with Crippen molar-refractivity contribution in [1.82, 2.24) is 5.32 Å². The van der Waals surface area contributed by atoms with Crippen LogP contribution < -0.4 is 11.1 Å². The lowest BCUT2D eigenvalue weighted by Gasteiger charge is -2.07. The molecule has 0 amide bonds. The van der Waals surface area contributed by atoms with Crippen molar-refractivity contribution < 1.29 is 4.79 Å². The fourth-order valence-electron chi connectivity index (χ4n) is 0.578. The number of nitrogens with two attached hydrogens (primary N) is 1. The van der Waals surface area contributed by atoms with Crippen LogP contribution in [0, 0.1) is 0 Å². The monoisotopic (exact) mass is 144 g/mol. The molecule has 0 spiro atoms. The van der Waals surface area contributed by atoms with Crippen LogP contribution in [-0.4, -0.2) is 24.9 Å². The highest BCUT2D eigenvalue weighted by molar-refractivity contribution is 5.81. The largest absolute Gasteiger partial charge is 0.320 e. The van der Waals surface area contributed by atoms with Crippen LogP contribution in [0.2, 0.25) is 0 Å². The van der Waals surface area contributed by atoms with Crippen molar-refractivity contribution in [3.8, 4) is 0 Å². The Hall–Kier alpha value is -0.410. The Balaban J connectivity index is 3.21. The molecule has 1 atom stereocenters. The molecule has 0 bridgehead atoms. The van der Waals surface area contributed by atoms with E-state index in [2.05, 4.69) is 12.2 Å². The third kappa shape index (κ3) is 4.47. The van der Waals surface area contributed by atoms with Crippen molar-refractivity contribution in [3.63, 3.8) is 0 Å². The summed E-state index contributed by atoms with van der Waals surface area (Å²) in [6.45, 7) is 5.12. The van der Waals surface area contributed by atoms with Gasteiger partial charge in [0.25, 0.3) is 0 Å². The van der Waals surface area contributed by atoms with E-state index in [1.165, 1.54) is 6.92 Å². The predicted molar refractivity (Wildman–Crippen MR) is 41.8 cm³/mol. The number of carbonyl (C=O) groups excluding carboxylic acids is 1. The molecule has 0 fully saturated rings. The van der Waals surface area contributed by atoms with E-state index in [0.717, 1.165) is 13.0 Å². The van der Waals surface area contributed by atoms with Gasteiger partial charge in [-0.25, -0.2) is 0 Å². The van der Waals surface area contributed by atoms with Gasteiger partial charge in [0.1, 0.15) is 5.78 Å². The molecule has 0 aromatic carbocycles. The lowest BCUT2D eigenvalue weighted by molar-refractivity contribution is -0.118. The topological polar surface area (TPSA) is 55.1 Å². The van der Waals surface area contributed by atoms with Gasteiger partial charge in [-0.2, -0.15) is 0 Å². The smallest absolute Gasteiger partial charge is 0.147 e. The zero-order chi connectivity index (χ0) is 7.98. The van der Waals surface area contributed by atoms with Crippen molar-refractivity contribution in [1.29, 1.82) is 0 Å². The summed E-state index contributed by atoms with van der Waals surface area (Å²) in [5.41, 5.74) is 5.45. The van der Waals surface area contributed by atoms with Gasteiger partial charge in [0.2, 0.25) is 0 Å². The summed E-state index contributed by atoms with van der Waals surface area (Å²) >= 11 is 0. The molecule has 0 radical (unpaired) electrons. The Morgan fingerprint density at radius 2 is 2.30 bits per heavy atom. The fraction of sp³-hybridized carbons (Fsp3) is 0.857. The van der Waals surface area contributed by atoms with Crippen molar-refractivity contribution in [2.24, 2.45) is 5.73 Å². The van der Waals surface area contributed by atoms with Gasteiger partial charge in [-0.05, 0) is 19.9 Å². The van der Waals surface area contributed by atoms with Crippen LogP contribution in [0.4, 0.5) is 0 Å². The van der Waals surface area contributed by atoms with Crippen LogP contribution >= 0.6 is 0 Å². The highest BCUT2D eigenvalue weighted by Crippen LogP contribution is 1.78. The molecule has 0 aromatic rings. The lowest BCUT2D eigenvalue weighted by Crippen LogP contribution is -2.39. The van der Waals surface area contributed by atoms with Gasteiger partial charge < -0.3 is 11.1 Å². The second-order valence-electron chi connectivity index (χ2n) is 2.42. The molecular weight excluding hydrogens is 128 g/mol. The van der Waals surface area contributed by atoms with E-state index in [-0.39, 0.29) is 11.8 Å². The van der Waals surface area contributed by atoms with Gasteiger partial charge in [0.05, 0.1) is 6.04 Å². The Labute approximate surface area is 62.0 Å². The first-order chi connectivity index (χ1) is 4.68. The first-order valence-electron chi connectivity index (χ1n) is 3.65. The predicted octanol–water partition coefficient (Wildman–Crippen LogP) is -0.0977. The summed E-state index contributed by atoms with van der Waals surface area (Å²) in [5.74, 6) is 0.0450. The Kier molecular flexibility index (Phi) is 5.16. The number of hydrogen-bond acceptors (Lipinski definition) is 3. The van der Waals surface area contributed by atoms with Gasteiger partial charge >= 0.3 is 0 Å². The van der Waals surface area contributed by atoms with Gasteiger partial charge in [0.15, 0.2) is 0 Å². The number of carbonyl (C=O) groups is 1. The normalized spacial score (nSPS) is 13.1. The quantitative estimate of drug-likeness (QED) is 0.530. The Morgan fingerprint density at radius 3 is 2.70 bits per heavy atom. The maximum Gasteiger partial charge on any atom is 0.147 e. The minimum absolute atomic E-state index is 0.0450.